The Labute approximate surface area is 157 Å². The van der Waals surface area contributed by atoms with Crippen molar-refractivity contribution in [2.45, 2.75) is 13.5 Å². The maximum absolute atomic E-state index is 4.66. The van der Waals surface area contributed by atoms with Gasteiger partial charge in [0.05, 0.1) is 31.2 Å². The van der Waals surface area contributed by atoms with E-state index in [0.29, 0.717) is 0 Å². The van der Waals surface area contributed by atoms with E-state index in [4.69, 9.17) is 0 Å². The number of rotatable bonds is 9. The van der Waals surface area contributed by atoms with E-state index in [2.05, 4.69) is 63.8 Å². The van der Waals surface area contributed by atoms with Crippen molar-refractivity contribution in [3.63, 3.8) is 0 Å². The molecule has 0 heterocycles. The van der Waals surface area contributed by atoms with Crippen LogP contribution in [0.5, 0.6) is 0 Å². The number of hydrogen-bond acceptors (Lipinski definition) is 4. The Morgan fingerprint density at radius 1 is 1.08 bits per heavy atom. The third-order valence-corrected chi connectivity index (χ3v) is 3.91. The first-order valence-corrected chi connectivity index (χ1v) is 8.90. The van der Waals surface area contributed by atoms with Gasteiger partial charge in [0.1, 0.15) is 6.20 Å². The van der Waals surface area contributed by atoms with E-state index in [1.165, 1.54) is 5.56 Å². The molecule has 0 fully saturated rings. The average molecular weight is 353 g/mol. The maximum atomic E-state index is 4.66. The quantitative estimate of drug-likeness (QED) is 0.539. The van der Waals surface area contributed by atoms with Crippen molar-refractivity contribution >= 4 is 17.1 Å². The minimum atomic E-state index is 0.797. The molecule has 0 aliphatic carbocycles. The Morgan fingerprint density at radius 2 is 1.77 bits per heavy atom. The SMILES string of the molecule is C[NH2+]/C=C\N(C)C/C(C)=N/N(C)c1ccc(NCc2ccccc2)cc1. The second-order valence-corrected chi connectivity index (χ2v) is 6.33. The molecule has 0 radical (unpaired) electrons. The molecule has 3 N–H and O–H groups in total. The van der Waals surface area contributed by atoms with Crippen LogP contribution in [0.3, 0.4) is 0 Å². The highest BCUT2D eigenvalue weighted by Crippen LogP contribution is 2.18. The Bertz CT molecular complexity index is 707. The van der Waals surface area contributed by atoms with Gasteiger partial charge in [0.15, 0.2) is 0 Å². The highest BCUT2D eigenvalue weighted by molar-refractivity contribution is 5.84. The van der Waals surface area contributed by atoms with E-state index in [0.717, 1.165) is 30.2 Å². The normalized spacial score (nSPS) is 11.6. The Hall–Kier alpha value is -2.79. The lowest BCUT2D eigenvalue weighted by Crippen LogP contribution is -2.72. The monoisotopic (exact) mass is 352 g/mol. The van der Waals surface area contributed by atoms with Crippen molar-refractivity contribution in [1.29, 1.82) is 0 Å². The lowest BCUT2D eigenvalue weighted by molar-refractivity contribution is -0.557. The third-order valence-electron chi connectivity index (χ3n) is 3.91. The molecule has 5 heteroatoms. The summed E-state index contributed by atoms with van der Waals surface area (Å²) in [7, 11) is 6.04. The van der Waals surface area contributed by atoms with Crippen molar-refractivity contribution in [2.75, 3.05) is 38.0 Å². The van der Waals surface area contributed by atoms with Gasteiger partial charge in [-0.2, -0.15) is 5.10 Å². The molecule has 2 aromatic rings. The van der Waals surface area contributed by atoms with Crippen LogP contribution in [0.15, 0.2) is 72.1 Å². The van der Waals surface area contributed by atoms with E-state index in [-0.39, 0.29) is 0 Å². The standard InChI is InChI=1S/C21H29N5/c1-18(17-25(3)15-14-22-2)24-26(4)21-12-10-20(11-13-21)23-16-19-8-6-5-7-9-19/h5-15,22-23H,16-17H2,1-4H3/p+1/b15-14-,24-18+. The van der Waals surface area contributed by atoms with E-state index in [1.54, 1.807) is 0 Å². The van der Waals surface area contributed by atoms with Gasteiger partial charge in [0.25, 0.3) is 0 Å². The molecule has 0 bridgehead atoms. The minimum Gasteiger partial charge on any atom is -0.381 e. The zero-order chi connectivity index (χ0) is 18.8. The van der Waals surface area contributed by atoms with Crippen LogP contribution in [0.1, 0.15) is 12.5 Å². The molecule has 0 atom stereocenters. The average Bonchev–Trinajstić information content (AvgIpc) is 2.65. The number of hydrazone groups is 1. The smallest absolute Gasteiger partial charge is 0.108 e. The van der Waals surface area contributed by atoms with Gasteiger partial charge >= 0.3 is 0 Å². The van der Waals surface area contributed by atoms with Gasteiger partial charge in [0.2, 0.25) is 0 Å². The van der Waals surface area contributed by atoms with E-state index in [1.807, 2.05) is 56.9 Å². The number of hydrogen-bond donors (Lipinski definition) is 2. The zero-order valence-electron chi connectivity index (χ0n) is 16.2. The topological polar surface area (TPSA) is 47.5 Å². The summed E-state index contributed by atoms with van der Waals surface area (Å²) in [5.41, 5.74) is 4.50. The Morgan fingerprint density at radius 3 is 2.42 bits per heavy atom. The molecule has 0 aromatic heterocycles. The van der Waals surface area contributed by atoms with Crippen LogP contribution in [0.25, 0.3) is 0 Å². The van der Waals surface area contributed by atoms with Crippen molar-refractivity contribution in [3.05, 3.63) is 72.6 Å². The van der Waals surface area contributed by atoms with Crippen LogP contribution in [-0.4, -0.2) is 38.3 Å². The molecule has 2 rings (SSSR count). The molecule has 0 aliphatic heterocycles. The van der Waals surface area contributed by atoms with Crippen LogP contribution in [-0.2, 0) is 6.54 Å². The summed E-state index contributed by atoms with van der Waals surface area (Å²) in [4.78, 5) is 2.11. The highest BCUT2D eigenvalue weighted by Gasteiger charge is 2.02. The van der Waals surface area contributed by atoms with Gasteiger partial charge in [-0.1, -0.05) is 30.3 Å². The predicted octanol–water partition coefficient (Wildman–Crippen LogP) is 2.71. The summed E-state index contributed by atoms with van der Waals surface area (Å²) in [6, 6.07) is 18.7. The lowest BCUT2D eigenvalue weighted by atomic mass is 10.2. The Kier molecular flexibility index (Phi) is 7.71. The first-order chi connectivity index (χ1) is 12.6. The zero-order valence-corrected chi connectivity index (χ0v) is 16.2. The van der Waals surface area contributed by atoms with Crippen LogP contribution >= 0.6 is 0 Å². The van der Waals surface area contributed by atoms with E-state index in [9.17, 15) is 0 Å². The van der Waals surface area contributed by atoms with Crippen LogP contribution in [0.4, 0.5) is 11.4 Å². The number of nitrogens with zero attached hydrogens (tertiary/aromatic N) is 3. The van der Waals surface area contributed by atoms with Gasteiger partial charge in [-0.3, -0.25) is 5.01 Å². The maximum Gasteiger partial charge on any atom is 0.108 e. The molecule has 0 saturated heterocycles. The van der Waals surface area contributed by atoms with Crippen LogP contribution in [0, 0.1) is 0 Å². The minimum absolute atomic E-state index is 0.797. The molecular weight excluding hydrogens is 322 g/mol. The van der Waals surface area contributed by atoms with Gasteiger partial charge in [-0.05, 0) is 36.8 Å². The molecule has 5 nitrogen and oxygen atoms in total. The van der Waals surface area contributed by atoms with Crippen molar-refractivity contribution < 1.29 is 5.32 Å². The molecule has 138 valence electrons. The fraction of sp³-hybridized carbons (Fsp3) is 0.286. The molecule has 0 aliphatic rings. The van der Waals surface area contributed by atoms with Crippen LogP contribution in [0.2, 0.25) is 0 Å². The number of nitrogens with one attached hydrogen (secondary N) is 1. The molecule has 0 spiro atoms. The third kappa shape index (κ3) is 6.61. The summed E-state index contributed by atoms with van der Waals surface area (Å²) in [5.74, 6) is 0. The first kappa shape index (κ1) is 19.5. The van der Waals surface area contributed by atoms with Crippen LogP contribution < -0.4 is 15.6 Å². The summed E-state index contributed by atoms with van der Waals surface area (Å²) in [6.45, 7) is 3.67. The summed E-state index contributed by atoms with van der Waals surface area (Å²) in [5, 5.41) is 12.0. The number of nitrogens with two attached hydrogens (primary N) is 1. The molecule has 26 heavy (non-hydrogen) atoms. The predicted molar refractivity (Wildman–Crippen MR) is 111 cm³/mol. The molecule has 2 aromatic carbocycles. The van der Waals surface area contributed by atoms with Gasteiger partial charge in [0, 0.05) is 26.3 Å². The molecule has 0 saturated carbocycles. The van der Waals surface area contributed by atoms with Crippen molar-refractivity contribution in [1.82, 2.24) is 4.90 Å². The van der Waals surface area contributed by atoms with Gasteiger partial charge in [-0.25, -0.2) is 0 Å². The van der Waals surface area contributed by atoms with Crippen molar-refractivity contribution in [3.8, 4) is 0 Å². The first-order valence-electron chi connectivity index (χ1n) is 8.90. The van der Waals surface area contributed by atoms with E-state index < -0.39 is 0 Å². The molecular formula is C21H30N5+. The lowest BCUT2D eigenvalue weighted by Gasteiger charge is -2.18. The molecule has 0 unspecified atom stereocenters. The second-order valence-electron chi connectivity index (χ2n) is 6.33. The number of benzene rings is 2. The van der Waals surface area contributed by atoms with Crippen molar-refractivity contribution in [2.24, 2.45) is 5.10 Å². The summed E-state index contributed by atoms with van der Waals surface area (Å²) in [6.07, 6.45) is 4.07. The number of anilines is 2. The highest BCUT2D eigenvalue weighted by atomic mass is 15.4. The fourth-order valence-corrected chi connectivity index (χ4v) is 2.59. The summed E-state index contributed by atoms with van der Waals surface area (Å²) >= 11 is 0. The number of quaternary nitrogens is 1. The summed E-state index contributed by atoms with van der Waals surface area (Å²) < 4.78 is 0. The second kappa shape index (κ2) is 10.3. The molecule has 0 amide bonds. The van der Waals surface area contributed by atoms with E-state index >= 15 is 0 Å². The fourth-order valence-electron chi connectivity index (χ4n) is 2.59. The Balaban J connectivity index is 1.90. The largest absolute Gasteiger partial charge is 0.381 e. The van der Waals surface area contributed by atoms with Gasteiger partial charge < -0.3 is 15.5 Å². The van der Waals surface area contributed by atoms with Gasteiger partial charge in [-0.15, -0.1) is 0 Å².